The molecule has 3 rings (SSSR count). The first-order chi connectivity index (χ1) is 12.5. The zero-order valence-corrected chi connectivity index (χ0v) is 16.7. The highest BCUT2D eigenvalue weighted by Crippen LogP contribution is 2.34. The molecule has 0 saturated heterocycles. The third kappa shape index (κ3) is 3.87. The minimum absolute atomic E-state index is 0.147. The Labute approximate surface area is 163 Å². The molecule has 0 atom stereocenters. The predicted molar refractivity (Wildman–Crippen MR) is 113 cm³/mol. The van der Waals surface area contributed by atoms with Crippen LogP contribution >= 0.6 is 23.4 Å². The Morgan fingerprint density at radius 2 is 1.88 bits per heavy atom. The highest BCUT2D eigenvalue weighted by Gasteiger charge is 2.32. The van der Waals surface area contributed by atoms with Crippen LogP contribution in [0, 0.1) is 6.92 Å². The number of rotatable bonds is 4. The van der Waals surface area contributed by atoms with Crippen LogP contribution in [0.15, 0.2) is 53.2 Å². The van der Waals surface area contributed by atoms with Crippen LogP contribution in [0.25, 0.3) is 6.08 Å². The molecule has 0 aromatic heterocycles. The van der Waals surface area contributed by atoms with Crippen molar-refractivity contribution in [3.8, 4) is 0 Å². The molecule has 0 fully saturated rings. The first kappa shape index (κ1) is 18.7. The Balaban J connectivity index is 1.98. The number of carbonyl (C=O) groups excluding carboxylic acids is 1. The summed E-state index contributed by atoms with van der Waals surface area (Å²) >= 11 is 7.94. The van der Waals surface area contributed by atoms with Crippen LogP contribution < -0.4 is 4.90 Å². The van der Waals surface area contributed by atoms with Crippen molar-refractivity contribution in [2.75, 3.05) is 10.7 Å². The molecular weight excluding hydrogens is 364 g/mol. The zero-order valence-electron chi connectivity index (χ0n) is 15.1. The minimum Gasteiger partial charge on any atom is -0.266 e. The molecule has 3 nitrogen and oxygen atoms in total. The van der Waals surface area contributed by atoms with E-state index in [1.54, 1.807) is 4.90 Å². The summed E-state index contributed by atoms with van der Waals surface area (Å²) in [5, 5.41) is 1.22. The maximum Gasteiger partial charge on any atom is 0.283 e. The van der Waals surface area contributed by atoms with Gasteiger partial charge in [0.1, 0.15) is 5.70 Å². The van der Waals surface area contributed by atoms with Crippen molar-refractivity contribution < 1.29 is 4.79 Å². The Kier molecular flexibility index (Phi) is 5.84. The lowest BCUT2D eigenvalue weighted by Crippen LogP contribution is -2.30. The van der Waals surface area contributed by atoms with Crippen molar-refractivity contribution in [1.82, 2.24) is 0 Å². The van der Waals surface area contributed by atoms with E-state index in [9.17, 15) is 4.79 Å². The SMILES string of the molecule is CCSC1=N/C(=C/c2ccc(CC)cc2)C(=O)N1c1ccc(C)cc1Cl. The molecule has 0 unspecified atom stereocenters. The topological polar surface area (TPSA) is 32.7 Å². The standard InChI is InChI=1S/C21H21ClN2OS/c1-4-15-7-9-16(10-8-15)13-18-20(25)24(21(23-18)26-5-2)19-11-6-14(3)12-17(19)22/h6-13H,4-5H2,1-3H3/b18-13+. The van der Waals surface area contributed by atoms with Gasteiger partial charge in [0.25, 0.3) is 5.91 Å². The van der Waals surface area contributed by atoms with E-state index in [2.05, 4.69) is 24.0 Å². The monoisotopic (exact) mass is 384 g/mol. The van der Waals surface area contributed by atoms with Crippen molar-refractivity contribution >= 4 is 46.2 Å². The summed E-state index contributed by atoms with van der Waals surface area (Å²) in [6, 6.07) is 13.9. The van der Waals surface area contributed by atoms with Gasteiger partial charge in [-0.25, -0.2) is 4.99 Å². The molecule has 0 bridgehead atoms. The maximum atomic E-state index is 13.0. The molecule has 0 saturated carbocycles. The fourth-order valence-electron chi connectivity index (χ4n) is 2.74. The van der Waals surface area contributed by atoms with E-state index in [0.29, 0.717) is 21.6 Å². The van der Waals surface area contributed by atoms with Gasteiger partial charge in [0.05, 0.1) is 10.7 Å². The number of anilines is 1. The lowest BCUT2D eigenvalue weighted by Gasteiger charge is -2.19. The van der Waals surface area contributed by atoms with Gasteiger partial charge in [0.2, 0.25) is 0 Å². The van der Waals surface area contributed by atoms with Gasteiger partial charge in [-0.1, -0.05) is 67.5 Å². The average molecular weight is 385 g/mol. The van der Waals surface area contributed by atoms with E-state index in [-0.39, 0.29) is 5.91 Å². The van der Waals surface area contributed by atoms with E-state index in [0.717, 1.165) is 23.3 Å². The molecular formula is C21H21ClN2OS. The fraction of sp³-hybridized carbons (Fsp3) is 0.238. The van der Waals surface area contributed by atoms with Crippen LogP contribution in [0.3, 0.4) is 0 Å². The summed E-state index contributed by atoms with van der Waals surface area (Å²) in [6.07, 6.45) is 2.82. The number of hydrogen-bond acceptors (Lipinski definition) is 3. The maximum absolute atomic E-state index is 13.0. The van der Waals surface area contributed by atoms with Crippen molar-refractivity contribution in [2.45, 2.75) is 27.2 Å². The minimum atomic E-state index is -0.147. The number of amidine groups is 1. The van der Waals surface area contributed by atoms with Crippen LogP contribution in [0.4, 0.5) is 5.69 Å². The van der Waals surface area contributed by atoms with Gasteiger partial charge in [0, 0.05) is 0 Å². The normalized spacial score (nSPS) is 15.7. The molecule has 1 aliphatic heterocycles. The van der Waals surface area contributed by atoms with E-state index < -0.39 is 0 Å². The Bertz CT molecular complexity index is 887. The smallest absolute Gasteiger partial charge is 0.266 e. The van der Waals surface area contributed by atoms with Gasteiger partial charge >= 0.3 is 0 Å². The van der Waals surface area contributed by atoms with Crippen LogP contribution in [-0.4, -0.2) is 16.8 Å². The number of amides is 1. The highest BCUT2D eigenvalue weighted by atomic mass is 35.5. The summed E-state index contributed by atoms with van der Waals surface area (Å²) < 4.78 is 0. The zero-order chi connectivity index (χ0) is 18.7. The molecule has 0 radical (unpaired) electrons. The molecule has 2 aromatic carbocycles. The van der Waals surface area contributed by atoms with E-state index >= 15 is 0 Å². The predicted octanol–water partition coefficient (Wildman–Crippen LogP) is 5.71. The van der Waals surface area contributed by atoms with Crippen LogP contribution in [0.1, 0.15) is 30.5 Å². The first-order valence-electron chi connectivity index (χ1n) is 8.66. The van der Waals surface area contributed by atoms with Crippen LogP contribution in [-0.2, 0) is 11.2 Å². The van der Waals surface area contributed by atoms with Crippen molar-refractivity contribution in [2.24, 2.45) is 4.99 Å². The molecule has 0 aliphatic carbocycles. The number of carbonyl (C=O) groups is 1. The number of halogens is 1. The van der Waals surface area contributed by atoms with Gasteiger partial charge in [-0.15, -0.1) is 0 Å². The molecule has 1 aliphatic rings. The molecule has 26 heavy (non-hydrogen) atoms. The van der Waals surface area contributed by atoms with Crippen molar-refractivity contribution in [1.29, 1.82) is 0 Å². The second-order valence-electron chi connectivity index (χ2n) is 6.05. The molecule has 5 heteroatoms. The summed E-state index contributed by atoms with van der Waals surface area (Å²) in [6.45, 7) is 6.13. The second-order valence-corrected chi connectivity index (χ2v) is 7.69. The molecule has 2 aromatic rings. The Hall–Kier alpha value is -2.04. The number of benzene rings is 2. The molecule has 1 heterocycles. The number of hydrogen-bond donors (Lipinski definition) is 0. The lowest BCUT2D eigenvalue weighted by atomic mass is 10.1. The third-order valence-electron chi connectivity index (χ3n) is 4.14. The van der Waals surface area contributed by atoms with E-state index in [4.69, 9.17) is 11.6 Å². The van der Waals surface area contributed by atoms with Gasteiger partial charge in [-0.05, 0) is 54.0 Å². The molecule has 1 amide bonds. The van der Waals surface area contributed by atoms with Gasteiger partial charge in [-0.2, -0.15) is 0 Å². The quantitative estimate of drug-likeness (QED) is 0.632. The Morgan fingerprint density at radius 3 is 2.50 bits per heavy atom. The van der Waals surface area contributed by atoms with Crippen LogP contribution in [0.5, 0.6) is 0 Å². The summed E-state index contributed by atoms with van der Waals surface area (Å²) in [5.74, 6) is 0.677. The third-order valence-corrected chi connectivity index (χ3v) is 5.26. The lowest BCUT2D eigenvalue weighted by molar-refractivity contribution is -0.113. The molecule has 0 spiro atoms. The number of aryl methyl sites for hydroxylation is 2. The number of thioether (sulfide) groups is 1. The van der Waals surface area contributed by atoms with Gasteiger partial charge in [0.15, 0.2) is 5.17 Å². The number of nitrogens with zero attached hydrogens (tertiary/aromatic N) is 2. The summed E-state index contributed by atoms with van der Waals surface area (Å²) in [5.41, 5.74) is 4.39. The van der Waals surface area contributed by atoms with Gasteiger partial charge in [-0.3, -0.25) is 9.69 Å². The van der Waals surface area contributed by atoms with Crippen molar-refractivity contribution in [3.63, 3.8) is 0 Å². The Morgan fingerprint density at radius 1 is 1.15 bits per heavy atom. The van der Waals surface area contributed by atoms with E-state index in [1.807, 2.05) is 50.3 Å². The van der Waals surface area contributed by atoms with Gasteiger partial charge < -0.3 is 0 Å². The molecule has 134 valence electrons. The first-order valence-corrected chi connectivity index (χ1v) is 10.0. The highest BCUT2D eigenvalue weighted by molar-refractivity contribution is 8.14. The summed E-state index contributed by atoms with van der Waals surface area (Å²) in [7, 11) is 0. The number of aliphatic imine (C=N–C) groups is 1. The molecule has 0 N–H and O–H groups in total. The van der Waals surface area contributed by atoms with Crippen LogP contribution in [0.2, 0.25) is 5.02 Å². The summed E-state index contributed by atoms with van der Waals surface area (Å²) in [4.78, 5) is 19.2. The van der Waals surface area contributed by atoms with Crippen molar-refractivity contribution in [3.05, 3.63) is 69.9 Å². The fourth-order valence-corrected chi connectivity index (χ4v) is 3.79. The average Bonchev–Trinajstić information content (AvgIpc) is 2.92. The second kappa shape index (κ2) is 8.11. The van der Waals surface area contributed by atoms with E-state index in [1.165, 1.54) is 17.3 Å². The largest absolute Gasteiger partial charge is 0.283 e.